The Hall–Kier alpha value is 0.280. The fourth-order valence-corrected chi connectivity index (χ4v) is 2.24. The van der Waals surface area contributed by atoms with Gasteiger partial charge < -0.3 is 15.7 Å². The molecule has 15 heavy (non-hydrogen) atoms. The largest absolute Gasteiger partial charge is 0.478 e. The maximum absolute atomic E-state index is 11.1. The molecule has 0 fully saturated rings. The molecule has 0 atom stereocenters. The van der Waals surface area contributed by atoms with E-state index in [-0.39, 0.29) is 5.56 Å². The van der Waals surface area contributed by atoms with Gasteiger partial charge in [0.25, 0.3) is 0 Å². The highest BCUT2D eigenvalue weighted by Gasteiger charge is 2.16. The van der Waals surface area contributed by atoms with E-state index in [9.17, 15) is 4.79 Å². The number of aromatic carboxylic acids is 1. The van der Waals surface area contributed by atoms with Gasteiger partial charge in [0, 0.05) is 5.69 Å². The van der Waals surface area contributed by atoms with Gasteiger partial charge in [0.1, 0.15) is 5.56 Å². The van der Waals surface area contributed by atoms with E-state index in [4.69, 9.17) is 5.11 Å². The average Bonchev–Trinajstić information content (AvgIpc) is 2.26. The van der Waals surface area contributed by atoms with Crippen LogP contribution in [0.25, 0.3) is 0 Å². The number of carbonyl (C=O) groups is 1. The summed E-state index contributed by atoms with van der Waals surface area (Å²) in [6, 6.07) is 3.47. The second kappa shape index (κ2) is 6.12. The van der Waals surface area contributed by atoms with Crippen molar-refractivity contribution in [2.45, 2.75) is 0 Å². The van der Waals surface area contributed by atoms with E-state index >= 15 is 0 Å². The molecule has 1 rings (SSSR count). The number of anilines is 3. The molecule has 0 saturated heterocycles. The van der Waals surface area contributed by atoms with E-state index in [1.165, 1.54) is 0 Å². The van der Waals surface area contributed by atoms with E-state index in [0.29, 0.717) is 11.4 Å². The number of carboxylic acid groups (broad SMARTS) is 1. The summed E-state index contributed by atoms with van der Waals surface area (Å²) in [7, 11) is 0. The maximum Gasteiger partial charge on any atom is 0.339 e. The lowest BCUT2D eigenvalue weighted by Crippen LogP contribution is -2.04. The summed E-state index contributed by atoms with van der Waals surface area (Å²) in [5.74, 6) is -0.964. The zero-order chi connectivity index (χ0) is 11.4. The molecule has 5 nitrogen and oxygen atoms in total. The second-order valence-electron chi connectivity index (χ2n) is 2.53. The molecule has 1 aromatic carbocycles. The molecule has 0 aliphatic rings. The van der Waals surface area contributed by atoms with Gasteiger partial charge in [0.15, 0.2) is 0 Å². The highest BCUT2D eigenvalue weighted by molar-refractivity contribution is 14.1. The van der Waals surface area contributed by atoms with Crippen molar-refractivity contribution in [2.24, 2.45) is 0 Å². The minimum Gasteiger partial charge on any atom is -0.478 e. The quantitative estimate of drug-likeness (QED) is 0.344. The second-order valence-corrected chi connectivity index (χ2v) is 4.15. The first-order valence-electron chi connectivity index (χ1n) is 3.65. The number of nitrogens with one attached hydrogen (secondary N) is 3. The number of hydrogen-bond acceptors (Lipinski definition) is 4. The van der Waals surface area contributed by atoms with Crippen molar-refractivity contribution in [1.82, 2.24) is 0 Å². The van der Waals surface area contributed by atoms with E-state index in [1.54, 1.807) is 12.1 Å². The lowest BCUT2D eigenvalue weighted by atomic mass is 10.1. The van der Waals surface area contributed by atoms with Crippen LogP contribution in [0.1, 0.15) is 10.4 Å². The van der Waals surface area contributed by atoms with Crippen molar-refractivity contribution in [3.05, 3.63) is 17.7 Å². The minimum absolute atomic E-state index is 0.231. The van der Waals surface area contributed by atoms with Crippen LogP contribution >= 0.6 is 68.6 Å². The van der Waals surface area contributed by atoms with E-state index < -0.39 is 5.97 Å². The molecule has 0 amide bonds. The van der Waals surface area contributed by atoms with E-state index in [0.717, 1.165) is 5.69 Å². The predicted octanol–water partition coefficient (Wildman–Crippen LogP) is 3.67. The molecule has 0 aliphatic carbocycles. The fraction of sp³-hybridized carbons (Fsp3) is 0. The van der Waals surface area contributed by atoms with Gasteiger partial charge in [-0.05, 0) is 12.1 Å². The third-order valence-electron chi connectivity index (χ3n) is 1.66. The van der Waals surface area contributed by atoms with Gasteiger partial charge in [-0.2, -0.15) is 0 Å². The molecule has 0 saturated carbocycles. The standard InChI is InChI=1S/C7H6I3N3O2/c8-11-3-1-4(12-9)6(7(14)15)5(2-3)13-10/h1-2,11-13H,(H,14,15). The van der Waals surface area contributed by atoms with Crippen LogP contribution in [0.4, 0.5) is 17.1 Å². The highest BCUT2D eigenvalue weighted by atomic mass is 127. The smallest absolute Gasteiger partial charge is 0.339 e. The molecule has 0 aromatic heterocycles. The van der Waals surface area contributed by atoms with Crippen molar-refractivity contribution in [3.63, 3.8) is 0 Å². The lowest BCUT2D eigenvalue weighted by molar-refractivity contribution is 0.0699. The summed E-state index contributed by atoms with van der Waals surface area (Å²) in [5.41, 5.74) is 2.18. The normalized spacial score (nSPS) is 9.53. The number of halogens is 3. The molecular weight excluding hydrogens is 539 g/mol. The summed E-state index contributed by atoms with van der Waals surface area (Å²) >= 11 is 5.80. The fourth-order valence-electron chi connectivity index (χ4n) is 1.08. The Bertz CT molecular complexity index is 361. The molecule has 1 aromatic rings. The number of hydrogen-bond donors (Lipinski definition) is 4. The molecule has 0 unspecified atom stereocenters. The van der Waals surface area contributed by atoms with Crippen molar-refractivity contribution in [3.8, 4) is 0 Å². The van der Waals surface area contributed by atoms with E-state index in [1.807, 2.05) is 68.6 Å². The summed E-state index contributed by atoms with van der Waals surface area (Å²) in [6.45, 7) is 0. The number of rotatable bonds is 4. The monoisotopic (exact) mass is 545 g/mol. The first kappa shape index (κ1) is 13.3. The van der Waals surface area contributed by atoms with Crippen LogP contribution in [-0.4, -0.2) is 11.1 Å². The van der Waals surface area contributed by atoms with Crippen LogP contribution < -0.4 is 10.6 Å². The average molecular weight is 545 g/mol. The van der Waals surface area contributed by atoms with Crippen LogP contribution in [0, 0.1) is 0 Å². The van der Waals surface area contributed by atoms with Crippen LogP contribution in [-0.2, 0) is 0 Å². The molecule has 82 valence electrons. The van der Waals surface area contributed by atoms with Gasteiger partial charge in [0.2, 0.25) is 0 Å². The Morgan fingerprint density at radius 2 is 1.53 bits per heavy atom. The Balaban J connectivity index is 3.39. The Kier molecular flexibility index (Phi) is 5.45. The van der Waals surface area contributed by atoms with Crippen molar-refractivity contribution >= 4 is 91.6 Å². The van der Waals surface area contributed by atoms with Gasteiger partial charge in [-0.3, -0.25) is 0 Å². The Morgan fingerprint density at radius 1 is 1.07 bits per heavy atom. The zero-order valence-corrected chi connectivity index (χ0v) is 13.6. The first-order valence-corrected chi connectivity index (χ1v) is 6.89. The summed E-state index contributed by atoms with van der Waals surface area (Å²) in [5, 5.41) is 9.06. The predicted molar refractivity (Wildman–Crippen MR) is 86.3 cm³/mol. The molecule has 0 heterocycles. The van der Waals surface area contributed by atoms with Gasteiger partial charge >= 0.3 is 5.97 Å². The molecule has 0 radical (unpaired) electrons. The Labute approximate surface area is 128 Å². The Morgan fingerprint density at radius 3 is 1.80 bits per heavy atom. The van der Waals surface area contributed by atoms with Crippen molar-refractivity contribution in [1.29, 1.82) is 0 Å². The molecule has 8 heteroatoms. The van der Waals surface area contributed by atoms with Gasteiger partial charge in [-0.15, -0.1) is 0 Å². The topological polar surface area (TPSA) is 73.4 Å². The molecule has 4 N–H and O–H groups in total. The third kappa shape index (κ3) is 3.12. The summed E-state index contributed by atoms with van der Waals surface area (Å²) in [4.78, 5) is 11.1. The summed E-state index contributed by atoms with van der Waals surface area (Å²) in [6.07, 6.45) is 0. The lowest BCUT2D eigenvalue weighted by Gasteiger charge is -2.11. The first-order chi connectivity index (χ1) is 7.13. The van der Waals surface area contributed by atoms with Gasteiger partial charge in [-0.25, -0.2) is 4.79 Å². The third-order valence-corrected chi connectivity index (χ3v) is 3.45. The van der Waals surface area contributed by atoms with Gasteiger partial charge in [-0.1, -0.05) is 0 Å². The number of benzene rings is 1. The van der Waals surface area contributed by atoms with Crippen LogP contribution in [0.5, 0.6) is 0 Å². The van der Waals surface area contributed by atoms with Crippen molar-refractivity contribution < 1.29 is 9.90 Å². The minimum atomic E-state index is -0.964. The maximum atomic E-state index is 11.1. The van der Waals surface area contributed by atoms with Crippen molar-refractivity contribution in [2.75, 3.05) is 10.6 Å². The van der Waals surface area contributed by atoms with Crippen LogP contribution in [0.2, 0.25) is 0 Å². The van der Waals surface area contributed by atoms with Crippen LogP contribution in [0.15, 0.2) is 12.1 Å². The highest BCUT2D eigenvalue weighted by Crippen LogP contribution is 2.31. The number of carboxylic acids is 1. The molecule has 0 aliphatic heterocycles. The molecular formula is C7H6I3N3O2. The van der Waals surface area contributed by atoms with E-state index in [2.05, 4.69) is 10.6 Å². The molecule has 0 bridgehead atoms. The molecule has 0 spiro atoms. The SMILES string of the molecule is O=C(O)c1c(NI)cc(NI)cc1NI. The summed E-state index contributed by atoms with van der Waals surface area (Å²) < 4.78 is 8.59. The van der Waals surface area contributed by atoms with Crippen LogP contribution in [0.3, 0.4) is 0 Å². The van der Waals surface area contributed by atoms with Gasteiger partial charge in [0.05, 0.1) is 80.0 Å². The zero-order valence-electron chi connectivity index (χ0n) is 7.14.